The molecule has 1 aromatic heterocycles. The molecule has 2 heterocycles. The summed E-state index contributed by atoms with van der Waals surface area (Å²) >= 11 is 0. The number of halogens is 4. The molecule has 1 fully saturated rings. The molecular formula is C13H16F4N4O6. The average Bonchev–Trinajstić information content (AvgIpc) is 2.83. The zero-order valence-corrected chi connectivity index (χ0v) is 13.5. The third-order valence-electron chi connectivity index (χ3n) is 3.68. The first-order chi connectivity index (χ1) is 12.5. The molecule has 1 amide bonds. The van der Waals surface area contributed by atoms with Gasteiger partial charge >= 0.3 is 17.8 Å². The number of rotatable bonds is 6. The number of carbonyl (C=O) groups is 1. The quantitative estimate of drug-likeness (QED) is 0.331. The smallest absolute Gasteiger partial charge is 0.391 e. The van der Waals surface area contributed by atoms with Crippen molar-refractivity contribution < 1.29 is 42.0 Å². The SMILES string of the molecule is Nc1ccn([C@@H]2O[C@@](CO)(OCCNC(=O)C(F)(F)F)[C@@H](O)[C@@H]2F)c(=O)n1. The van der Waals surface area contributed by atoms with Gasteiger partial charge in [-0.3, -0.25) is 9.36 Å². The second kappa shape index (κ2) is 7.75. The van der Waals surface area contributed by atoms with Crippen molar-refractivity contribution in [2.75, 3.05) is 25.5 Å². The van der Waals surface area contributed by atoms with Gasteiger partial charge in [0.15, 0.2) is 12.4 Å². The summed E-state index contributed by atoms with van der Waals surface area (Å²) < 4.78 is 61.5. The molecule has 1 saturated heterocycles. The van der Waals surface area contributed by atoms with Gasteiger partial charge < -0.3 is 30.7 Å². The van der Waals surface area contributed by atoms with E-state index in [1.807, 2.05) is 0 Å². The highest BCUT2D eigenvalue weighted by molar-refractivity contribution is 5.81. The summed E-state index contributed by atoms with van der Waals surface area (Å²) in [4.78, 5) is 25.9. The van der Waals surface area contributed by atoms with Crippen LogP contribution in [-0.2, 0) is 14.3 Å². The molecule has 1 aromatic rings. The lowest BCUT2D eigenvalue weighted by molar-refractivity contribution is -0.281. The van der Waals surface area contributed by atoms with Crippen molar-refractivity contribution in [1.29, 1.82) is 0 Å². The Bertz CT molecular complexity index is 744. The van der Waals surface area contributed by atoms with Crippen molar-refractivity contribution in [3.8, 4) is 0 Å². The zero-order chi connectivity index (χ0) is 20.4. The Balaban J connectivity index is 2.08. The highest BCUT2D eigenvalue weighted by Crippen LogP contribution is 2.39. The lowest BCUT2D eigenvalue weighted by Gasteiger charge is -2.29. The highest BCUT2D eigenvalue weighted by Gasteiger charge is 2.57. The van der Waals surface area contributed by atoms with E-state index in [0.29, 0.717) is 4.57 Å². The molecule has 0 aliphatic carbocycles. The molecule has 4 atom stereocenters. The Morgan fingerprint density at radius 3 is 2.74 bits per heavy atom. The predicted molar refractivity (Wildman–Crippen MR) is 78.8 cm³/mol. The number of nitrogen functional groups attached to an aromatic ring is 1. The van der Waals surface area contributed by atoms with Gasteiger partial charge in [0.05, 0.1) is 6.61 Å². The van der Waals surface area contributed by atoms with Crippen LogP contribution >= 0.6 is 0 Å². The number of nitrogens with two attached hydrogens (primary N) is 1. The van der Waals surface area contributed by atoms with E-state index in [2.05, 4.69) is 4.98 Å². The van der Waals surface area contributed by atoms with Crippen molar-refractivity contribution in [2.45, 2.75) is 30.5 Å². The van der Waals surface area contributed by atoms with E-state index in [4.69, 9.17) is 15.2 Å². The number of nitrogens with one attached hydrogen (secondary N) is 1. The number of hydrogen-bond donors (Lipinski definition) is 4. The van der Waals surface area contributed by atoms with Crippen molar-refractivity contribution in [3.63, 3.8) is 0 Å². The summed E-state index contributed by atoms with van der Waals surface area (Å²) in [5, 5.41) is 21.0. The van der Waals surface area contributed by atoms with E-state index in [0.717, 1.165) is 12.3 Å². The minimum atomic E-state index is -5.10. The Morgan fingerprint density at radius 1 is 1.52 bits per heavy atom. The fourth-order valence-corrected chi connectivity index (χ4v) is 2.35. The van der Waals surface area contributed by atoms with Crippen molar-refractivity contribution in [2.24, 2.45) is 0 Å². The number of ether oxygens (including phenoxy) is 2. The first kappa shape index (κ1) is 21.0. The molecule has 0 unspecified atom stereocenters. The van der Waals surface area contributed by atoms with Crippen LogP contribution in [0.25, 0.3) is 0 Å². The third-order valence-corrected chi connectivity index (χ3v) is 3.68. The first-order valence-corrected chi connectivity index (χ1v) is 7.46. The van der Waals surface area contributed by atoms with Crippen LogP contribution in [0.4, 0.5) is 23.4 Å². The van der Waals surface area contributed by atoms with E-state index in [1.165, 1.54) is 5.32 Å². The normalized spacial score (nSPS) is 28.3. The number of carbonyl (C=O) groups excluding carboxylic acids is 1. The van der Waals surface area contributed by atoms with Crippen LogP contribution in [0.2, 0.25) is 0 Å². The molecular weight excluding hydrogens is 384 g/mol. The topological polar surface area (TPSA) is 149 Å². The number of hydrogen-bond acceptors (Lipinski definition) is 8. The molecule has 0 spiro atoms. The van der Waals surface area contributed by atoms with Crippen LogP contribution in [0.5, 0.6) is 0 Å². The predicted octanol–water partition coefficient (Wildman–Crippen LogP) is -1.56. The summed E-state index contributed by atoms with van der Waals surface area (Å²) in [6.45, 7) is -2.41. The fourth-order valence-electron chi connectivity index (χ4n) is 2.35. The van der Waals surface area contributed by atoms with Crippen LogP contribution in [0.3, 0.4) is 0 Å². The highest BCUT2D eigenvalue weighted by atomic mass is 19.4. The van der Waals surface area contributed by atoms with Gasteiger partial charge in [-0.15, -0.1) is 0 Å². The summed E-state index contributed by atoms with van der Waals surface area (Å²) in [5.74, 6) is -4.73. The van der Waals surface area contributed by atoms with Gasteiger partial charge in [0, 0.05) is 12.7 Å². The van der Waals surface area contributed by atoms with E-state index in [-0.39, 0.29) is 5.82 Å². The van der Waals surface area contributed by atoms with Crippen LogP contribution in [-0.4, -0.2) is 69.7 Å². The fraction of sp³-hybridized carbons (Fsp3) is 0.615. The zero-order valence-electron chi connectivity index (χ0n) is 13.5. The number of alkyl halides is 4. The molecule has 2 rings (SSSR count). The molecule has 152 valence electrons. The molecule has 1 aliphatic rings. The monoisotopic (exact) mass is 400 g/mol. The molecule has 14 heteroatoms. The van der Waals surface area contributed by atoms with Gasteiger partial charge in [-0.05, 0) is 6.07 Å². The summed E-state index contributed by atoms with van der Waals surface area (Å²) in [5.41, 5.74) is 4.32. The third kappa shape index (κ3) is 4.35. The van der Waals surface area contributed by atoms with E-state index in [9.17, 15) is 37.4 Å². The molecule has 0 aromatic carbocycles. The van der Waals surface area contributed by atoms with Crippen molar-refractivity contribution in [3.05, 3.63) is 22.7 Å². The standard InChI is InChI=1S/C13H16F4N4O6/c14-7-8(23)12(5-22,26-4-2-19-10(24)13(15,16)17)27-9(7)21-3-1-6(18)20-11(21)25/h1,3,7-9,22-23H,2,4-5H2,(H,19,24)(H2,18,20,25)/t7-,8-,9+,12+/m0/s1. The Hall–Kier alpha value is -2.29. The number of nitrogens with zero attached hydrogens (tertiary/aromatic N) is 2. The molecule has 0 bridgehead atoms. The molecule has 5 N–H and O–H groups in total. The van der Waals surface area contributed by atoms with E-state index >= 15 is 0 Å². The van der Waals surface area contributed by atoms with Gasteiger partial charge in [0.25, 0.3) is 0 Å². The average molecular weight is 400 g/mol. The van der Waals surface area contributed by atoms with Crippen LogP contribution in [0, 0.1) is 0 Å². The van der Waals surface area contributed by atoms with Crippen LogP contribution < -0.4 is 16.7 Å². The van der Waals surface area contributed by atoms with Gasteiger partial charge in [-0.1, -0.05) is 0 Å². The molecule has 1 aliphatic heterocycles. The van der Waals surface area contributed by atoms with Gasteiger partial charge in [0.2, 0.25) is 5.79 Å². The van der Waals surface area contributed by atoms with Crippen LogP contribution in [0.15, 0.2) is 17.1 Å². The summed E-state index contributed by atoms with van der Waals surface area (Å²) in [6, 6.07) is 1.16. The van der Waals surface area contributed by atoms with Crippen molar-refractivity contribution in [1.82, 2.24) is 14.9 Å². The lowest BCUT2D eigenvalue weighted by atomic mass is 10.1. The number of anilines is 1. The maximum Gasteiger partial charge on any atom is 0.471 e. The number of amides is 1. The van der Waals surface area contributed by atoms with Gasteiger partial charge in [0.1, 0.15) is 18.5 Å². The molecule has 10 nitrogen and oxygen atoms in total. The maximum atomic E-state index is 14.4. The maximum absolute atomic E-state index is 14.4. The minimum Gasteiger partial charge on any atom is -0.391 e. The Morgan fingerprint density at radius 2 is 2.19 bits per heavy atom. The van der Waals surface area contributed by atoms with Crippen LogP contribution in [0.1, 0.15) is 6.23 Å². The number of aliphatic hydroxyl groups is 2. The summed E-state index contributed by atoms with van der Waals surface area (Å²) in [7, 11) is 0. The van der Waals surface area contributed by atoms with E-state index < -0.39 is 61.8 Å². The molecule has 27 heavy (non-hydrogen) atoms. The Kier molecular flexibility index (Phi) is 6.04. The Labute approximate surface area is 148 Å². The first-order valence-electron chi connectivity index (χ1n) is 7.46. The number of aliphatic hydroxyl groups excluding tert-OH is 2. The number of aromatic nitrogens is 2. The minimum absolute atomic E-state index is 0.143. The summed E-state index contributed by atoms with van der Waals surface area (Å²) in [6.07, 6.45) is -10.1. The van der Waals surface area contributed by atoms with E-state index in [1.54, 1.807) is 0 Å². The second-order valence-electron chi connectivity index (χ2n) is 5.51. The van der Waals surface area contributed by atoms with Gasteiger partial charge in [-0.2, -0.15) is 18.2 Å². The second-order valence-corrected chi connectivity index (χ2v) is 5.51. The largest absolute Gasteiger partial charge is 0.471 e. The van der Waals surface area contributed by atoms with Crippen molar-refractivity contribution >= 4 is 11.7 Å². The molecule has 0 saturated carbocycles. The van der Waals surface area contributed by atoms with Gasteiger partial charge in [-0.25, -0.2) is 9.18 Å². The molecule has 0 radical (unpaired) electrons. The lowest BCUT2D eigenvalue weighted by Crippen LogP contribution is -2.49.